The molecule has 1 N–H and O–H groups in total. The van der Waals surface area contributed by atoms with Crippen LogP contribution in [0.2, 0.25) is 0 Å². The standard InChI is InChI=1S/C7H12BrClO2/c1-3-5-4(2)7(8,9)6(10)11-5/h4-6,10H,3H2,1-2H3/t4-,5-,6?,7-/m1/s1. The molecule has 1 aliphatic rings. The minimum absolute atomic E-state index is 0.0573. The second kappa shape index (κ2) is 3.21. The molecule has 1 aliphatic heterocycles. The van der Waals surface area contributed by atoms with E-state index in [-0.39, 0.29) is 12.0 Å². The van der Waals surface area contributed by atoms with Gasteiger partial charge in [0, 0.05) is 5.92 Å². The van der Waals surface area contributed by atoms with Crippen molar-refractivity contribution in [3.05, 3.63) is 0 Å². The quantitative estimate of drug-likeness (QED) is 0.715. The molecule has 0 aromatic carbocycles. The first kappa shape index (κ1) is 9.78. The number of hydrogen-bond acceptors (Lipinski definition) is 2. The Morgan fingerprint density at radius 1 is 1.73 bits per heavy atom. The Labute approximate surface area is 80.0 Å². The van der Waals surface area contributed by atoms with Gasteiger partial charge >= 0.3 is 0 Å². The molecule has 2 nitrogen and oxygen atoms in total. The molecule has 1 rings (SSSR count). The van der Waals surface area contributed by atoms with Gasteiger partial charge in [0.25, 0.3) is 0 Å². The average Bonchev–Trinajstić information content (AvgIpc) is 2.14. The van der Waals surface area contributed by atoms with Crippen molar-refractivity contribution in [3.63, 3.8) is 0 Å². The zero-order valence-electron chi connectivity index (χ0n) is 6.55. The highest BCUT2D eigenvalue weighted by molar-refractivity contribution is 9.10. The topological polar surface area (TPSA) is 29.5 Å². The lowest BCUT2D eigenvalue weighted by molar-refractivity contribution is -0.0933. The second-order valence-corrected chi connectivity index (χ2v) is 5.29. The van der Waals surface area contributed by atoms with Gasteiger partial charge in [0.1, 0.15) is 0 Å². The normalized spacial score (nSPS) is 51.5. The molecule has 1 unspecified atom stereocenters. The van der Waals surface area contributed by atoms with Gasteiger partial charge in [-0.05, 0) is 6.42 Å². The van der Waals surface area contributed by atoms with E-state index in [1.165, 1.54) is 0 Å². The number of hydrogen-bond donors (Lipinski definition) is 1. The molecule has 11 heavy (non-hydrogen) atoms. The van der Waals surface area contributed by atoms with Crippen LogP contribution in [0.5, 0.6) is 0 Å². The van der Waals surface area contributed by atoms with E-state index in [2.05, 4.69) is 15.9 Å². The molecule has 1 heterocycles. The summed E-state index contributed by atoms with van der Waals surface area (Å²) in [7, 11) is 0. The largest absolute Gasteiger partial charge is 0.366 e. The van der Waals surface area contributed by atoms with Gasteiger partial charge < -0.3 is 9.84 Å². The maximum absolute atomic E-state index is 9.33. The highest BCUT2D eigenvalue weighted by atomic mass is 79.9. The van der Waals surface area contributed by atoms with Crippen molar-refractivity contribution < 1.29 is 9.84 Å². The summed E-state index contributed by atoms with van der Waals surface area (Å²) < 4.78 is 4.42. The van der Waals surface area contributed by atoms with Crippen LogP contribution in [0.15, 0.2) is 0 Å². The van der Waals surface area contributed by atoms with Crippen LogP contribution in [0.3, 0.4) is 0 Å². The lowest BCUT2D eigenvalue weighted by atomic mass is 10.0. The van der Waals surface area contributed by atoms with E-state index in [1.807, 2.05) is 13.8 Å². The van der Waals surface area contributed by atoms with Crippen LogP contribution in [0, 0.1) is 5.92 Å². The van der Waals surface area contributed by atoms with Crippen molar-refractivity contribution in [1.29, 1.82) is 0 Å². The van der Waals surface area contributed by atoms with Gasteiger partial charge in [-0.3, -0.25) is 0 Å². The highest BCUT2D eigenvalue weighted by Gasteiger charge is 2.50. The third-order valence-electron chi connectivity index (χ3n) is 2.20. The van der Waals surface area contributed by atoms with Crippen LogP contribution < -0.4 is 0 Å². The van der Waals surface area contributed by atoms with Gasteiger partial charge in [0.2, 0.25) is 0 Å². The number of aliphatic hydroxyl groups is 1. The Morgan fingerprint density at radius 2 is 2.27 bits per heavy atom. The molecule has 66 valence electrons. The number of rotatable bonds is 1. The lowest BCUT2D eigenvalue weighted by Crippen LogP contribution is -2.30. The van der Waals surface area contributed by atoms with Crippen LogP contribution >= 0.6 is 27.5 Å². The van der Waals surface area contributed by atoms with Crippen molar-refractivity contribution in [2.24, 2.45) is 5.92 Å². The van der Waals surface area contributed by atoms with Crippen LogP contribution in [0.1, 0.15) is 20.3 Å². The molecule has 0 aliphatic carbocycles. The van der Waals surface area contributed by atoms with E-state index in [0.29, 0.717) is 0 Å². The van der Waals surface area contributed by atoms with Gasteiger partial charge in [-0.25, -0.2) is 0 Å². The molecule has 0 amide bonds. The zero-order chi connectivity index (χ0) is 8.65. The fourth-order valence-corrected chi connectivity index (χ4v) is 1.89. The second-order valence-electron chi connectivity index (χ2n) is 2.90. The third kappa shape index (κ3) is 1.57. The minimum atomic E-state index is -0.899. The van der Waals surface area contributed by atoms with Crippen LogP contribution in [-0.4, -0.2) is 21.3 Å². The van der Waals surface area contributed by atoms with Crippen LogP contribution in [0.25, 0.3) is 0 Å². The number of halogens is 2. The maximum Gasteiger partial charge on any atom is 0.184 e. The summed E-state index contributed by atoms with van der Waals surface area (Å²) in [4.78, 5) is 0. The summed E-state index contributed by atoms with van der Waals surface area (Å²) >= 11 is 9.23. The minimum Gasteiger partial charge on any atom is -0.366 e. The molecule has 4 heteroatoms. The lowest BCUT2D eigenvalue weighted by Gasteiger charge is -2.20. The number of alkyl halides is 2. The fraction of sp³-hybridized carbons (Fsp3) is 1.00. The summed E-state index contributed by atoms with van der Waals surface area (Å²) in [6, 6.07) is 0. The molecule has 4 atom stereocenters. The van der Waals surface area contributed by atoms with Crippen LogP contribution in [0.4, 0.5) is 0 Å². The van der Waals surface area contributed by atoms with Crippen molar-refractivity contribution in [3.8, 4) is 0 Å². The van der Waals surface area contributed by atoms with E-state index in [0.717, 1.165) is 6.42 Å². The summed E-state index contributed by atoms with van der Waals surface area (Å²) in [5.74, 6) is 0.129. The van der Waals surface area contributed by atoms with Crippen LogP contribution in [-0.2, 0) is 4.74 Å². The average molecular weight is 244 g/mol. The third-order valence-corrected chi connectivity index (χ3v) is 3.84. The number of aliphatic hydroxyl groups excluding tert-OH is 1. The smallest absolute Gasteiger partial charge is 0.184 e. The van der Waals surface area contributed by atoms with Gasteiger partial charge in [0.15, 0.2) is 10.1 Å². The summed E-state index contributed by atoms with van der Waals surface area (Å²) in [5.41, 5.74) is 0. The van der Waals surface area contributed by atoms with E-state index in [1.54, 1.807) is 0 Å². The van der Waals surface area contributed by atoms with Crippen molar-refractivity contribution in [2.75, 3.05) is 0 Å². The van der Waals surface area contributed by atoms with Gasteiger partial charge in [-0.2, -0.15) is 0 Å². The molecular formula is C7H12BrClO2. The number of ether oxygens (including phenoxy) is 1. The first-order valence-electron chi connectivity index (χ1n) is 3.71. The molecule has 0 radical (unpaired) electrons. The molecule has 1 fully saturated rings. The molecular weight excluding hydrogens is 231 g/mol. The molecule has 0 spiro atoms. The Kier molecular flexibility index (Phi) is 2.85. The predicted octanol–water partition coefficient (Wildman–Crippen LogP) is 2.08. The molecule has 0 saturated carbocycles. The molecule has 0 bridgehead atoms. The van der Waals surface area contributed by atoms with E-state index < -0.39 is 10.1 Å². The van der Waals surface area contributed by atoms with Crippen molar-refractivity contribution in [1.82, 2.24) is 0 Å². The van der Waals surface area contributed by atoms with Gasteiger partial charge in [0.05, 0.1) is 6.10 Å². The van der Waals surface area contributed by atoms with E-state index in [4.69, 9.17) is 16.3 Å². The SMILES string of the molecule is CC[C@H]1OC(O)[C@@](Cl)(Br)[C@@H]1C. The predicted molar refractivity (Wildman–Crippen MR) is 47.8 cm³/mol. The first-order chi connectivity index (χ1) is 5.00. The molecule has 0 aromatic rings. The highest BCUT2D eigenvalue weighted by Crippen LogP contribution is 2.45. The van der Waals surface area contributed by atoms with Gasteiger partial charge in [-0.15, -0.1) is 11.6 Å². The summed E-state index contributed by atoms with van der Waals surface area (Å²) in [6.07, 6.45) is 0.0316. The van der Waals surface area contributed by atoms with E-state index >= 15 is 0 Å². The summed E-state index contributed by atoms with van der Waals surface area (Å²) in [5, 5.41) is 9.33. The monoisotopic (exact) mass is 242 g/mol. The first-order valence-corrected chi connectivity index (χ1v) is 4.88. The van der Waals surface area contributed by atoms with Gasteiger partial charge in [-0.1, -0.05) is 29.8 Å². The maximum atomic E-state index is 9.33. The Balaban J connectivity index is 2.71. The van der Waals surface area contributed by atoms with Crippen molar-refractivity contribution >= 4 is 27.5 Å². The van der Waals surface area contributed by atoms with Crippen molar-refractivity contribution in [2.45, 2.75) is 36.4 Å². The Morgan fingerprint density at radius 3 is 2.45 bits per heavy atom. The fourth-order valence-electron chi connectivity index (χ4n) is 1.30. The zero-order valence-corrected chi connectivity index (χ0v) is 8.89. The Hall–Kier alpha value is 0.690. The molecule has 0 aromatic heterocycles. The summed E-state index contributed by atoms with van der Waals surface area (Å²) in [6.45, 7) is 3.98. The molecule has 1 saturated heterocycles. The van der Waals surface area contributed by atoms with E-state index in [9.17, 15) is 5.11 Å². The Bertz CT molecular complexity index is 151.